The topological polar surface area (TPSA) is 68.7 Å². The van der Waals surface area contributed by atoms with Gasteiger partial charge in [0.25, 0.3) is 0 Å². The third kappa shape index (κ3) is 7.25. The van der Waals surface area contributed by atoms with E-state index in [2.05, 4.69) is 49.2 Å². The molecule has 1 saturated heterocycles. The van der Waals surface area contributed by atoms with E-state index < -0.39 is 0 Å². The summed E-state index contributed by atoms with van der Waals surface area (Å²) in [5.74, 6) is 1.78. The molecule has 0 aliphatic carbocycles. The highest BCUT2D eigenvalue weighted by atomic mass is 15.3. The lowest BCUT2D eigenvalue weighted by Crippen LogP contribution is -2.49. The molecule has 7 nitrogen and oxygen atoms in total. The van der Waals surface area contributed by atoms with Crippen LogP contribution in [0.5, 0.6) is 0 Å². The average molecular weight is 348 g/mol. The highest BCUT2D eigenvalue weighted by Gasteiger charge is 2.18. The van der Waals surface area contributed by atoms with Gasteiger partial charge in [-0.2, -0.15) is 0 Å². The minimum atomic E-state index is 0.842. The average Bonchev–Trinajstić information content (AvgIpc) is 2.66. The lowest BCUT2D eigenvalue weighted by Gasteiger charge is -2.34. The summed E-state index contributed by atoms with van der Waals surface area (Å²) in [5, 5.41) is 6.77. The molecule has 140 valence electrons. The minimum absolute atomic E-state index is 0.842. The number of nitrogens with zero attached hydrogens (tertiary/aromatic N) is 5. The van der Waals surface area contributed by atoms with Gasteiger partial charge in [0.15, 0.2) is 5.96 Å². The predicted octanol–water partition coefficient (Wildman–Crippen LogP) is 1.34. The first-order chi connectivity index (χ1) is 12.3. The quantitative estimate of drug-likeness (QED) is 0.399. The summed E-state index contributed by atoms with van der Waals surface area (Å²) in [4.78, 5) is 18.0. The second-order valence-corrected chi connectivity index (χ2v) is 6.27. The number of piperazine rings is 1. The molecule has 1 aliphatic rings. The third-order valence-electron chi connectivity index (χ3n) is 4.30. The predicted molar refractivity (Wildman–Crippen MR) is 104 cm³/mol. The second kappa shape index (κ2) is 11.6. The molecule has 1 aliphatic heterocycles. The van der Waals surface area contributed by atoms with Crippen LogP contribution in [0.25, 0.3) is 0 Å². The van der Waals surface area contributed by atoms with Gasteiger partial charge in [0.1, 0.15) is 0 Å². The minimum Gasteiger partial charge on any atom is -0.357 e. The number of rotatable bonds is 9. The first-order valence-corrected chi connectivity index (χ1v) is 9.60. The van der Waals surface area contributed by atoms with Crippen molar-refractivity contribution in [2.75, 3.05) is 57.3 Å². The molecule has 0 unspecified atom stereocenters. The summed E-state index contributed by atoms with van der Waals surface area (Å²) in [6, 6.07) is 1.86. The molecule has 0 spiro atoms. The van der Waals surface area contributed by atoms with E-state index in [1.165, 1.54) is 12.8 Å². The molecular formula is C18H33N7. The summed E-state index contributed by atoms with van der Waals surface area (Å²) in [5.41, 5.74) is 0. The molecule has 0 bridgehead atoms. The zero-order valence-electron chi connectivity index (χ0n) is 15.7. The standard InChI is InChI=1S/C18H33N7/c1-3-5-6-8-20-17(19-4-2)21-11-12-24-13-15-25(16-14-24)18-22-9-7-10-23-18/h7,9-10H,3-6,8,11-16H2,1-2H3,(H2,19,20,21). The maximum atomic E-state index is 4.64. The third-order valence-corrected chi connectivity index (χ3v) is 4.30. The van der Waals surface area contributed by atoms with Crippen LogP contribution in [0.15, 0.2) is 23.5 Å². The number of aromatic nitrogens is 2. The van der Waals surface area contributed by atoms with Crippen LogP contribution in [-0.4, -0.2) is 73.2 Å². The van der Waals surface area contributed by atoms with E-state index in [0.717, 1.165) is 70.7 Å². The van der Waals surface area contributed by atoms with Crippen LogP contribution in [0.2, 0.25) is 0 Å². The molecular weight excluding hydrogens is 314 g/mol. The molecule has 0 amide bonds. The number of hydrogen-bond donors (Lipinski definition) is 2. The van der Waals surface area contributed by atoms with Crippen LogP contribution in [0.1, 0.15) is 33.1 Å². The number of anilines is 1. The van der Waals surface area contributed by atoms with Gasteiger partial charge < -0.3 is 15.5 Å². The van der Waals surface area contributed by atoms with Crippen molar-refractivity contribution < 1.29 is 0 Å². The Hall–Kier alpha value is -1.89. The van der Waals surface area contributed by atoms with Crippen molar-refractivity contribution in [3.05, 3.63) is 18.5 Å². The molecule has 1 aromatic rings. The Labute approximate surface area is 151 Å². The zero-order valence-corrected chi connectivity index (χ0v) is 15.7. The van der Waals surface area contributed by atoms with Gasteiger partial charge in [0.05, 0.1) is 0 Å². The van der Waals surface area contributed by atoms with Crippen LogP contribution in [-0.2, 0) is 0 Å². The fourth-order valence-electron chi connectivity index (χ4n) is 2.85. The van der Waals surface area contributed by atoms with Crippen LogP contribution in [0.3, 0.4) is 0 Å². The SMILES string of the molecule is CCCCCN=C(NCC)NCCN1CCN(c2ncccn2)CC1. The van der Waals surface area contributed by atoms with Crippen LogP contribution in [0.4, 0.5) is 5.95 Å². The summed E-state index contributed by atoms with van der Waals surface area (Å²) >= 11 is 0. The normalized spacial score (nSPS) is 16.1. The molecule has 0 radical (unpaired) electrons. The molecule has 2 N–H and O–H groups in total. The smallest absolute Gasteiger partial charge is 0.225 e. The summed E-state index contributed by atoms with van der Waals surface area (Å²) in [6.45, 7) is 12.1. The lowest BCUT2D eigenvalue weighted by molar-refractivity contribution is 0.260. The second-order valence-electron chi connectivity index (χ2n) is 6.27. The maximum absolute atomic E-state index is 4.64. The van der Waals surface area contributed by atoms with Crippen molar-refractivity contribution in [1.82, 2.24) is 25.5 Å². The van der Waals surface area contributed by atoms with Crippen molar-refractivity contribution >= 4 is 11.9 Å². The molecule has 0 atom stereocenters. The Bertz CT molecular complexity index is 483. The highest BCUT2D eigenvalue weighted by Crippen LogP contribution is 2.08. The van der Waals surface area contributed by atoms with Gasteiger partial charge in [-0.25, -0.2) is 9.97 Å². The first-order valence-electron chi connectivity index (χ1n) is 9.60. The number of unbranched alkanes of at least 4 members (excludes halogenated alkanes) is 2. The number of guanidine groups is 1. The van der Waals surface area contributed by atoms with E-state index in [-0.39, 0.29) is 0 Å². The van der Waals surface area contributed by atoms with Crippen LogP contribution in [0, 0.1) is 0 Å². The van der Waals surface area contributed by atoms with E-state index in [0.29, 0.717) is 0 Å². The fraction of sp³-hybridized carbons (Fsp3) is 0.722. The Balaban J connectivity index is 1.65. The Morgan fingerprint density at radius 2 is 1.84 bits per heavy atom. The lowest BCUT2D eigenvalue weighted by atomic mass is 10.2. The van der Waals surface area contributed by atoms with E-state index in [1.54, 1.807) is 12.4 Å². The molecule has 2 heterocycles. The van der Waals surface area contributed by atoms with E-state index >= 15 is 0 Å². The molecule has 25 heavy (non-hydrogen) atoms. The molecule has 0 aromatic carbocycles. The fourth-order valence-corrected chi connectivity index (χ4v) is 2.85. The van der Waals surface area contributed by atoms with Gasteiger partial charge in [-0.1, -0.05) is 19.8 Å². The van der Waals surface area contributed by atoms with Crippen molar-refractivity contribution in [1.29, 1.82) is 0 Å². The molecule has 0 saturated carbocycles. The van der Waals surface area contributed by atoms with Crippen molar-refractivity contribution in [2.45, 2.75) is 33.1 Å². The number of hydrogen-bond acceptors (Lipinski definition) is 5. The van der Waals surface area contributed by atoms with Crippen LogP contribution >= 0.6 is 0 Å². The number of aliphatic imine (C=N–C) groups is 1. The molecule has 2 rings (SSSR count). The van der Waals surface area contributed by atoms with Crippen molar-refractivity contribution in [2.24, 2.45) is 4.99 Å². The highest BCUT2D eigenvalue weighted by molar-refractivity contribution is 5.79. The van der Waals surface area contributed by atoms with Gasteiger partial charge in [-0.05, 0) is 19.4 Å². The van der Waals surface area contributed by atoms with Crippen LogP contribution < -0.4 is 15.5 Å². The van der Waals surface area contributed by atoms with Crippen molar-refractivity contribution in [3.8, 4) is 0 Å². The largest absolute Gasteiger partial charge is 0.357 e. The van der Waals surface area contributed by atoms with E-state index in [9.17, 15) is 0 Å². The van der Waals surface area contributed by atoms with E-state index in [4.69, 9.17) is 0 Å². The Morgan fingerprint density at radius 1 is 1.08 bits per heavy atom. The summed E-state index contributed by atoms with van der Waals surface area (Å²) in [6.07, 6.45) is 7.26. The molecule has 7 heteroatoms. The summed E-state index contributed by atoms with van der Waals surface area (Å²) < 4.78 is 0. The Kier molecular flexibility index (Phi) is 9.04. The first kappa shape index (κ1) is 19.4. The molecule has 1 aromatic heterocycles. The van der Waals surface area contributed by atoms with Crippen molar-refractivity contribution in [3.63, 3.8) is 0 Å². The maximum Gasteiger partial charge on any atom is 0.225 e. The van der Waals surface area contributed by atoms with E-state index in [1.807, 2.05) is 6.07 Å². The van der Waals surface area contributed by atoms with Gasteiger partial charge in [0, 0.05) is 64.8 Å². The summed E-state index contributed by atoms with van der Waals surface area (Å²) in [7, 11) is 0. The van der Waals surface area contributed by atoms with Gasteiger partial charge in [-0.15, -0.1) is 0 Å². The zero-order chi connectivity index (χ0) is 17.7. The number of nitrogens with one attached hydrogen (secondary N) is 2. The Morgan fingerprint density at radius 3 is 2.52 bits per heavy atom. The van der Waals surface area contributed by atoms with Gasteiger partial charge in [-0.3, -0.25) is 9.89 Å². The molecule has 1 fully saturated rings. The van der Waals surface area contributed by atoms with Gasteiger partial charge >= 0.3 is 0 Å². The monoisotopic (exact) mass is 347 g/mol. The van der Waals surface area contributed by atoms with Gasteiger partial charge in [0.2, 0.25) is 5.95 Å².